The smallest absolute Gasteiger partial charge is 0.142 e. The molecular formula is C11H9ClFNO. The second kappa shape index (κ2) is 4.03. The Balaban J connectivity index is 2.76. The van der Waals surface area contributed by atoms with Gasteiger partial charge in [0, 0.05) is 6.20 Å². The predicted molar refractivity (Wildman–Crippen MR) is 57.9 cm³/mol. The number of fused-ring (bicyclic) bond motifs is 1. The first-order valence-corrected chi connectivity index (χ1v) is 4.97. The highest BCUT2D eigenvalue weighted by Crippen LogP contribution is 2.32. The van der Waals surface area contributed by atoms with Crippen LogP contribution in [0.25, 0.3) is 10.9 Å². The second-order valence-electron chi connectivity index (χ2n) is 3.00. The van der Waals surface area contributed by atoms with Crippen LogP contribution in [0.2, 0.25) is 5.02 Å². The van der Waals surface area contributed by atoms with Gasteiger partial charge in [-0.15, -0.1) is 0 Å². The zero-order valence-corrected chi connectivity index (χ0v) is 8.88. The standard InChI is InChI=1S/C11H9ClFNO/c1-2-15-9-5-6-14-8-4-3-7(13)11(12)10(8)9/h3-6H,2H2,1H3. The maximum Gasteiger partial charge on any atom is 0.142 e. The SMILES string of the molecule is CCOc1ccnc2ccc(F)c(Cl)c12. The number of hydrogen-bond acceptors (Lipinski definition) is 2. The van der Waals surface area contributed by atoms with E-state index >= 15 is 0 Å². The third-order valence-corrected chi connectivity index (χ3v) is 2.43. The van der Waals surface area contributed by atoms with Gasteiger partial charge in [-0.1, -0.05) is 11.6 Å². The van der Waals surface area contributed by atoms with Crippen molar-refractivity contribution in [3.63, 3.8) is 0 Å². The summed E-state index contributed by atoms with van der Waals surface area (Å²) in [5.74, 6) is 0.102. The molecule has 0 atom stereocenters. The van der Waals surface area contributed by atoms with E-state index < -0.39 is 5.82 Å². The summed E-state index contributed by atoms with van der Waals surface area (Å²) in [6.45, 7) is 2.37. The lowest BCUT2D eigenvalue weighted by atomic mass is 10.2. The van der Waals surface area contributed by atoms with Crippen molar-refractivity contribution in [2.24, 2.45) is 0 Å². The number of pyridine rings is 1. The summed E-state index contributed by atoms with van der Waals surface area (Å²) in [5, 5.41) is 0.588. The minimum Gasteiger partial charge on any atom is -0.493 e. The summed E-state index contributed by atoms with van der Waals surface area (Å²) < 4.78 is 18.6. The Bertz CT molecular complexity index is 501. The summed E-state index contributed by atoms with van der Waals surface area (Å²) in [7, 11) is 0. The van der Waals surface area contributed by atoms with E-state index in [9.17, 15) is 4.39 Å². The molecule has 2 rings (SSSR count). The molecule has 0 saturated heterocycles. The molecule has 0 bridgehead atoms. The van der Waals surface area contributed by atoms with Crippen molar-refractivity contribution in [2.75, 3.05) is 6.61 Å². The van der Waals surface area contributed by atoms with Crippen molar-refractivity contribution in [1.82, 2.24) is 4.98 Å². The quantitative estimate of drug-likeness (QED) is 0.781. The Hall–Kier alpha value is -1.35. The van der Waals surface area contributed by atoms with Gasteiger partial charge in [-0.3, -0.25) is 4.98 Å². The summed E-state index contributed by atoms with van der Waals surface area (Å²) >= 11 is 5.87. The van der Waals surface area contributed by atoms with Crippen LogP contribution < -0.4 is 4.74 Å². The lowest BCUT2D eigenvalue weighted by Crippen LogP contribution is -1.94. The lowest BCUT2D eigenvalue weighted by Gasteiger charge is -2.08. The van der Waals surface area contributed by atoms with Gasteiger partial charge in [0.1, 0.15) is 11.6 Å². The van der Waals surface area contributed by atoms with Gasteiger partial charge in [-0.25, -0.2) is 4.39 Å². The molecule has 15 heavy (non-hydrogen) atoms. The van der Waals surface area contributed by atoms with Crippen LogP contribution in [0.15, 0.2) is 24.4 Å². The molecule has 78 valence electrons. The zero-order chi connectivity index (χ0) is 10.8. The number of ether oxygens (including phenoxy) is 1. The van der Waals surface area contributed by atoms with Crippen molar-refractivity contribution < 1.29 is 9.13 Å². The molecule has 4 heteroatoms. The largest absolute Gasteiger partial charge is 0.493 e. The number of nitrogens with zero attached hydrogens (tertiary/aromatic N) is 1. The Kier molecular flexibility index (Phi) is 2.73. The molecule has 2 aromatic rings. The third kappa shape index (κ3) is 1.75. The van der Waals surface area contributed by atoms with E-state index in [-0.39, 0.29) is 5.02 Å². The number of benzene rings is 1. The van der Waals surface area contributed by atoms with E-state index in [1.165, 1.54) is 6.07 Å². The molecule has 1 aromatic carbocycles. The van der Waals surface area contributed by atoms with E-state index in [1.807, 2.05) is 6.92 Å². The zero-order valence-electron chi connectivity index (χ0n) is 8.13. The molecule has 0 aliphatic carbocycles. The fourth-order valence-electron chi connectivity index (χ4n) is 1.43. The first-order valence-electron chi connectivity index (χ1n) is 4.59. The number of rotatable bonds is 2. The maximum atomic E-state index is 13.3. The molecule has 0 N–H and O–H groups in total. The van der Waals surface area contributed by atoms with Gasteiger partial charge in [0.15, 0.2) is 0 Å². The Morgan fingerprint density at radius 2 is 2.20 bits per heavy atom. The maximum absolute atomic E-state index is 13.3. The lowest BCUT2D eigenvalue weighted by molar-refractivity contribution is 0.344. The highest BCUT2D eigenvalue weighted by Gasteiger charge is 2.10. The first-order chi connectivity index (χ1) is 7.24. The van der Waals surface area contributed by atoms with Crippen LogP contribution in [0.3, 0.4) is 0 Å². The monoisotopic (exact) mass is 225 g/mol. The molecule has 0 unspecified atom stereocenters. The third-order valence-electron chi connectivity index (χ3n) is 2.06. The average molecular weight is 226 g/mol. The van der Waals surface area contributed by atoms with Crippen LogP contribution >= 0.6 is 11.6 Å². The molecule has 0 spiro atoms. The van der Waals surface area contributed by atoms with Crippen molar-refractivity contribution >= 4 is 22.5 Å². The average Bonchev–Trinajstić information content (AvgIpc) is 2.24. The molecule has 1 heterocycles. The van der Waals surface area contributed by atoms with Crippen molar-refractivity contribution in [3.05, 3.63) is 35.2 Å². The van der Waals surface area contributed by atoms with Gasteiger partial charge in [0.25, 0.3) is 0 Å². The fraction of sp³-hybridized carbons (Fsp3) is 0.182. The van der Waals surface area contributed by atoms with Gasteiger partial charge in [0.2, 0.25) is 0 Å². The molecule has 0 radical (unpaired) electrons. The number of halogens is 2. The van der Waals surface area contributed by atoms with Gasteiger partial charge in [0.05, 0.1) is 22.5 Å². The normalized spacial score (nSPS) is 10.6. The van der Waals surface area contributed by atoms with Crippen LogP contribution in [-0.2, 0) is 0 Å². The van der Waals surface area contributed by atoms with Crippen LogP contribution in [-0.4, -0.2) is 11.6 Å². The van der Waals surface area contributed by atoms with Crippen LogP contribution in [0.1, 0.15) is 6.92 Å². The van der Waals surface area contributed by atoms with Crippen LogP contribution in [0.5, 0.6) is 5.75 Å². The summed E-state index contributed by atoms with van der Waals surface area (Å²) in [5.41, 5.74) is 0.632. The fourth-order valence-corrected chi connectivity index (χ4v) is 1.68. The molecule has 1 aromatic heterocycles. The molecule has 2 nitrogen and oxygen atoms in total. The summed E-state index contributed by atoms with van der Waals surface area (Å²) in [6.07, 6.45) is 1.61. The minimum atomic E-state index is -0.460. The highest BCUT2D eigenvalue weighted by molar-refractivity contribution is 6.36. The topological polar surface area (TPSA) is 22.1 Å². The summed E-state index contributed by atoms with van der Waals surface area (Å²) in [6, 6.07) is 4.56. The Morgan fingerprint density at radius 3 is 2.93 bits per heavy atom. The van der Waals surface area contributed by atoms with E-state index in [0.717, 1.165) is 0 Å². The van der Waals surface area contributed by atoms with E-state index in [2.05, 4.69) is 4.98 Å². The molecule has 0 aliphatic heterocycles. The van der Waals surface area contributed by atoms with Crippen LogP contribution in [0.4, 0.5) is 4.39 Å². The molecule has 0 fully saturated rings. The van der Waals surface area contributed by atoms with Crippen molar-refractivity contribution in [2.45, 2.75) is 6.92 Å². The molecule has 0 saturated carbocycles. The Labute approximate surface area is 91.6 Å². The van der Waals surface area contributed by atoms with E-state index in [1.54, 1.807) is 18.3 Å². The van der Waals surface area contributed by atoms with Crippen molar-refractivity contribution in [1.29, 1.82) is 0 Å². The van der Waals surface area contributed by atoms with E-state index in [0.29, 0.717) is 23.3 Å². The van der Waals surface area contributed by atoms with Gasteiger partial charge >= 0.3 is 0 Å². The van der Waals surface area contributed by atoms with Gasteiger partial charge < -0.3 is 4.74 Å². The second-order valence-corrected chi connectivity index (χ2v) is 3.38. The van der Waals surface area contributed by atoms with Crippen LogP contribution in [0, 0.1) is 5.82 Å². The highest BCUT2D eigenvalue weighted by atomic mass is 35.5. The van der Waals surface area contributed by atoms with Gasteiger partial charge in [-0.2, -0.15) is 0 Å². The van der Waals surface area contributed by atoms with Gasteiger partial charge in [-0.05, 0) is 25.1 Å². The molecule has 0 aliphatic rings. The minimum absolute atomic E-state index is 0.0593. The molecule has 0 amide bonds. The summed E-state index contributed by atoms with van der Waals surface area (Å²) in [4.78, 5) is 4.09. The number of hydrogen-bond donors (Lipinski definition) is 0. The first kappa shape index (κ1) is 10.2. The van der Waals surface area contributed by atoms with Crippen molar-refractivity contribution in [3.8, 4) is 5.75 Å². The number of aromatic nitrogens is 1. The van der Waals surface area contributed by atoms with E-state index in [4.69, 9.17) is 16.3 Å². The molecular weight excluding hydrogens is 217 g/mol. The Morgan fingerprint density at radius 1 is 1.40 bits per heavy atom. The predicted octanol–water partition coefficient (Wildman–Crippen LogP) is 3.43.